The Morgan fingerprint density at radius 2 is 2.00 bits per heavy atom. The lowest BCUT2D eigenvalue weighted by atomic mass is 10.2. The van der Waals surface area contributed by atoms with Gasteiger partial charge in [-0.25, -0.2) is 4.39 Å². The number of rotatable bonds is 8. The lowest BCUT2D eigenvalue weighted by Crippen LogP contribution is -2.41. The minimum atomic E-state index is -0.315. The van der Waals surface area contributed by atoms with Gasteiger partial charge in [-0.05, 0) is 37.5 Å². The van der Waals surface area contributed by atoms with Crippen molar-refractivity contribution in [2.24, 2.45) is 0 Å². The van der Waals surface area contributed by atoms with Gasteiger partial charge in [-0.1, -0.05) is 30.3 Å². The number of thioether (sulfide) groups is 1. The fourth-order valence-corrected chi connectivity index (χ4v) is 4.08. The first-order valence-corrected chi connectivity index (χ1v) is 10.9. The molecule has 0 spiro atoms. The monoisotopic (exact) mass is 419 g/mol. The molecule has 0 atom stereocenters. The van der Waals surface area contributed by atoms with Crippen molar-refractivity contribution in [1.29, 1.82) is 0 Å². The van der Waals surface area contributed by atoms with Crippen molar-refractivity contribution >= 4 is 23.6 Å². The molecule has 0 fully saturated rings. The number of aromatic nitrogens is 3. The predicted octanol–water partition coefficient (Wildman–Crippen LogP) is 2.40. The van der Waals surface area contributed by atoms with Gasteiger partial charge in [0.1, 0.15) is 11.6 Å². The summed E-state index contributed by atoms with van der Waals surface area (Å²) in [6, 6.07) is 5.95. The normalized spacial score (nSPS) is 13.4. The van der Waals surface area contributed by atoms with Crippen LogP contribution < -0.4 is 5.32 Å². The Labute approximate surface area is 174 Å². The number of hydrogen-bond acceptors (Lipinski definition) is 5. The Bertz CT molecular complexity index is 840. The van der Waals surface area contributed by atoms with Gasteiger partial charge in [0.2, 0.25) is 11.8 Å². The summed E-state index contributed by atoms with van der Waals surface area (Å²) in [4.78, 5) is 26.3. The maximum absolute atomic E-state index is 12.9. The van der Waals surface area contributed by atoms with E-state index in [0.29, 0.717) is 13.1 Å². The molecule has 7 nitrogen and oxygen atoms in total. The van der Waals surface area contributed by atoms with Gasteiger partial charge < -0.3 is 14.8 Å². The van der Waals surface area contributed by atoms with Gasteiger partial charge in [0, 0.05) is 26.1 Å². The largest absolute Gasteiger partial charge is 0.350 e. The number of nitrogens with zero attached hydrogens (tertiary/aromatic N) is 4. The number of amides is 2. The molecule has 1 aliphatic heterocycles. The van der Waals surface area contributed by atoms with E-state index in [1.807, 2.05) is 6.92 Å². The molecular weight excluding hydrogens is 393 g/mol. The number of fused-ring (bicyclic) bond motifs is 1. The molecule has 2 amide bonds. The van der Waals surface area contributed by atoms with Gasteiger partial charge in [0.15, 0.2) is 5.16 Å². The van der Waals surface area contributed by atoms with Crippen LogP contribution in [0.25, 0.3) is 0 Å². The van der Waals surface area contributed by atoms with Crippen LogP contribution in [-0.2, 0) is 29.1 Å². The van der Waals surface area contributed by atoms with Crippen LogP contribution >= 0.6 is 11.8 Å². The molecule has 2 heterocycles. The highest BCUT2D eigenvalue weighted by atomic mass is 32.2. The summed E-state index contributed by atoms with van der Waals surface area (Å²) >= 11 is 1.37. The van der Waals surface area contributed by atoms with Crippen LogP contribution in [0.4, 0.5) is 4.39 Å². The molecule has 3 rings (SSSR count). The summed E-state index contributed by atoms with van der Waals surface area (Å²) in [6.45, 7) is 3.48. The Balaban J connectivity index is 1.48. The number of aryl methyl sites for hydroxylation is 1. The second-order valence-electron chi connectivity index (χ2n) is 6.96. The highest BCUT2D eigenvalue weighted by Gasteiger charge is 2.19. The summed E-state index contributed by atoms with van der Waals surface area (Å²) in [5.74, 6) is 0.540. The lowest BCUT2D eigenvalue weighted by molar-refractivity contribution is -0.133. The molecule has 2 aromatic rings. The van der Waals surface area contributed by atoms with Gasteiger partial charge in [-0.2, -0.15) is 0 Å². The Morgan fingerprint density at radius 3 is 2.76 bits per heavy atom. The molecular formula is C20H26FN5O2S. The quantitative estimate of drug-likeness (QED) is 0.665. The molecule has 1 N–H and O–H groups in total. The number of likely N-dealkylation sites (N-methyl/N-ethyl adjacent to an activating group) is 1. The average molecular weight is 420 g/mol. The lowest BCUT2D eigenvalue weighted by Gasteiger charge is -2.20. The van der Waals surface area contributed by atoms with Crippen LogP contribution in [0.5, 0.6) is 0 Å². The van der Waals surface area contributed by atoms with Crippen molar-refractivity contribution in [2.75, 3.05) is 18.8 Å². The summed E-state index contributed by atoms with van der Waals surface area (Å²) in [7, 11) is 0. The average Bonchev–Trinajstić information content (AvgIpc) is 2.95. The zero-order valence-electron chi connectivity index (χ0n) is 16.6. The third-order valence-electron chi connectivity index (χ3n) is 4.87. The highest BCUT2D eigenvalue weighted by molar-refractivity contribution is 7.99. The van der Waals surface area contributed by atoms with E-state index in [0.717, 1.165) is 42.4 Å². The van der Waals surface area contributed by atoms with E-state index in [9.17, 15) is 14.0 Å². The molecule has 0 saturated heterocycles. The number of carbonyl (C=O) groups is 2. The molecule has 0 bridgehead atoms. The zero-order valence-corrected chi connectivity index (χ0v) is 17.4. The first kappa shape index (κ1) is 21.3. The Morgan fingerprint density at radius 1 is 1.21 bits per heavy atom. The van der Waals surface area contributed by atoms with Crippen LogP contribution in [0.3, 0.4) is 0 Å². The summed E-state index contributed by atoms with van der Waals surface area (Å²) in [5.41, 5.74) is 0.803. The molecule has 29 heavy (non-hydrogen) atoms. The first-order chi connectivity index (χ1) is 14.1. The van der Waals surface area contributed by atoms with Crippen LogP contribution in [0, 0.1) is 5.82 Å². The van der Waals surface area contributed by atoms with Gasteiger partial charge >= 0.3 is 0 Å². The number of hydrogen-bond donors (Lipinski definition) is 1. The summed E-state index contributed by atoms with van der Waals surface area (Å²) < 4.78 is 15.0. The highest BCUT2D eigenvalue weighted by Crippen LogP contribution is 2.22. The molecule has 0 unspecified atom stereocenters. The van der Waals surface area contributed by atoms with Crippen molar-refractivity contribution in [2.45, 2.75) is 50.9 Å². The second-order valence-corrected chi connectivity index (χ2v) is 7.90. The van der Waals surface area contributed by atoms with E-state index in [-0.39, 0.29) is 29.9 Å². The Kier molecular flexibility index (Phi) is 7.62. The molecule has 0 aliphatic carbocycles. The van der Waals surface area contributed by atoms with Crippen molar-refractivity contribution in [3.05, 3.63) is 41.5 Å². The van der Waals surface area contributed by atoms with Crippen LogP contribution in [0.2, 0.25) is 0 Å². The summed E-state index contributed by atoms with van der Waals surface area (Å²) in [6.07, 6.45) is 4.33. The van der Waals surface area contributed by atoms with Gasteiger partial charge in [-0.3, -0.25) is 9.59 Å². The zero-order chi connectivity index (χ0) is 20.6. The van der Waals surface area contributed by atoms with Crippen molar-refractivity contribution < 1.29 is 14.0 Å². The fourth-order valence-electron chi connectivity index (χ4n) is 3.19. The van der Waals surface area contributed by atoms with E-state index >= 15 is 0 Å². The van der Waals surface area contributed by atoms with Gasteiger partial charge in [0.05, 0.1) is 12.3 Å². The predicted molar refractivity (Wildman–Crippen MR) is 109 cm³/mol. The Hall–Kier alpha value is -2.42. The van der Waals surface area contributed by atoms with Gasteiger partial charge in [-0.15, -0.1) is 10.2 Å². The molecule has 1 aliphatic rings. The number of halogens is 1. The minimum absolute atomic E-state index is 0.00493. The molecule has 0 radical (unpaired) electrons. The standard InChI is InChI=1S/C20H26FN5O2S/c1-2-25(13-18(27)22-12-15-7-9-16(21)10-8-15)19(28)14-29-20-24-23-17-6-4-3-5-11-26(17)20/h7-10H,2-6,11-14H2,1H3,(H,22,27). The minimum Gasteiger partial charge on any atom is -0.350 e. The van der Waals surface area contributed by atoms with Crippen LogP contribution in [0.15, 0.2) is 29.4 Å². The molecule has 1 aromatic heterocycles. The van der Waals surface area contributed by atoms with Crippen molar-refractivity contribution in [3.8, 4) is 0 Å². The smallest absolute Gasteiger partial charge is 0.239 e. The maximum Gasteiger partial charge on any atom is 0.239 e. The maximum atomic E-state index is 12.9. The van der Waals surface area contributed by atoms with E-state index in [1.165, 1.54) is 35.2 Å². The second kappa shape index (κ2) is 10.4. The number of benzene rings is 1. The van der Waals surface area contributed by atoms with E-state index in [1.54, 1.807) is 12.1 Å². The van der Waals surface area contributed by atoms with Crippen molar-refractivity contribution in [1.82, 2.24) is 25.0 Å². The SMILES string of the molecule is CCN(CC(=O)NCc1ccc(F)cc1)C(=O)CSc1nnc2n1CCCCC2. The van der Waals surface area contributed by atoms with Crippen LogP contribution in [-0.4, -0.2) is 50.3 Å². The third-order valence-corrected chi connectivity index (χ3v) is 5.82. The van der Waals surface area contributed by atoms with E-state index < -0.39 is 0 Å². The first-order valence-electron chi connectivity index (χ1n) is 9.90. The molecule has 9 heteroatoms. The topological polar surface area (TPSA) is 80.1 Å². The van der Waals surface area contributed by atoms with Crippen molar-refractivity contribution in [3.63, 3.8) is 0 Å². The summed E-state index contributed by atoms with van der Waals surface area (Å²) in [5, 5.41) is 12.0. The van der Waals surface area contributed by atoms with Crippen LogP contribution in [0.1, 0.15) is 37.6 Å². The third kappa shape index (κ3) is 6.03. The molecule has 0 saturated carbocycles. The van der Waals surface area contributed by atoms with E-state index in [2.05, 4.69) is 20.1 Å². The molecule has 1 aromatic carbocycles. The van der Waals surface area contributed by atoms with Gasteiger partial charge in [0.25, 0.3) is 0 Å². The van der Waals surface area contributed by atoms with E-state index in [4.69, 9.17) is 0 Å². The number of nitrogens with one attached hydrogen (secondary N) is 1. The number of carbonyl (C=O) groups excluding carboxylic acids is 2. The fraction of sp³-hybridized carbons (Fsp3) is 0.500. The molecule has 156 valence electrons.